The van der Waals surface area contributed by atoms with Crippen LogP contribution in [0, 0.1) is 6.92 Å². The van der Waals surface area contributed by atoms with E-state index in [2.05, 4.69) is 20.3 Å². The van der Waals surface area contributed by atoms with Crippen molar-refractivity contribution in [2.24, 2.45) is 0 Å². The maximum Gasteiger partial charge on any atom is 0.303 e. The Morgan fingerprint density at radius 1 is 1.28 bits per heavy atom. The highest BCUT2D eigenvalue weighted by Crippen LogP contribution is 2.30. The van der Waals surface area contributed by atoms with Crippen molar-refractivity contribution in [3.05, 3.63) is 41.0 Å². The Hall–Kier alpha value is -2.93. The molecule has 0 atom stereocenters. The zero-order valence-corrected chi connectivity index (χ0v) is 14.1. The van der Waals surface area contributed by atoms with Crippen LogP contribution < -0.4 is 5.32 Å². The van der Waals surface area contributed by atoms with Crippen LogP contribution in [0.3, 0.4) is 0 Å². The first-order valence-corrected chi connectivity index (χ1v) is 7.94. The summed E-state index contributed by atoms with van der Waals surface area (Å²) in [5.74, 6) is -0.852. The van der Waals surface area contributed by atoms with E-state index in [-0.39, 0.29) is 18.7 Å². The molecule has 0 fully saturated rings. The standard InChI is InChI=1S/C17H15ClN4O3/c1-9-6-13-17(19-8-9)22-16(21-13)11-7-10(2-3-12(11)18)20-14(23)4-5-15(24)25/h2-3,6-8H,4-5H2,1H3,(H,20,23)(H,24,25)(H,19,21,22). The number of hydrogen-bond acceptors (Lipinski definition) is 4. The molecule has 0 saturated carbocycles. The van der Waals surface area contributed by atoms with Crippen molar-refractivity contribution in [3.8, 4) is 11.4 Å². The first-order chi connectivity index (χ1) is 11.9. The molecule has 2 heterocycles. The van der Waals surface area contributed by atoms with Gasteiger partial charge in [-0.05, 0) is 36.8 Å². The number of nitrogens with one attached hydrogen (secondary N) is 2. The van der Waals surface area contributed by atoms with E-state index in [1.165, 1.54) is 0 Å². The van der Waals surface area contributed by atoms with Gasteiger partial charge in [0.25, 0.3) is 0 Å². The van der Waals surface area contributed by atoms with Crippen molar-refractivity contribution in [2.75, 3.05) is 5.32 Å². The number of rotatable bonds is 5. The van der Waals surface area contributed by atoms with Gasteiger partial charge in [-0.1, -0.05) is 11.6 Å². The van der Waals surface area contributed by atoms with Gasteiger partial charge in [-0.2, -0.15) is 0 Å². The Morgan fingerprint density at radius 2 is 2.08 bits per heavy atom. The minimum absolute atomic E-state index is 0.0961. The van der Waals surface area contributed by atoms with Crippen molar-refractivity contribution in [1.82, 2.24) is 15.0 Å². The first-order valence-electron chi connectivity index (χ1n) is 7.56. The van der Waals surface area contributed by atoms with Gasteiger partial charge >= 0.3 is 5.97 Å². The van der Waals surface area contributed by atoms with E-state index in [1.807, 2.05) is 13.0 Å². The van der Waals surface area contributed by atoms with Gasteiger partial charge < -0.3 is 15.4 Å². The quantitative estimate of drug-likeness (QED) is 0.647. The van der Waals surface area contributed by atoms with Crippen LogP contribution in [0.1, 0.15) is 18.4 Å². The molecule has 8 heteroatoms. The van der Waals surface area contributed by atoms with E-state index < -0.39 is 5.97 Å². The topological polar surface area (TPSA) is 108 Å². The van der Waals surface area contributed by atoms with Gasteiger partial charge in [0.15, 0.2) is 5.65 Å². The van der Waals surface area contributed by atoms with E-state index in [4.69, 9.17) is 16.7 Å². The number of aliphatic carboxylic acids is 1. The fourth-order valence-electron chi connectivity index (χ4n) is 2.36. The molecule has 2 aromatic heterocycles. The molecule has 0 aliphatic carbocycles. The number of carboxylic acid groups (broad SMARTS) is 1. The summed E-state index contributed by atoms with van der Waals surface area (Å²) < 4.78 is 0. The molecule has 0 radical (unpaired) electrons. The second kappa shape index (κ2) is 6.90. The van der Waals surface area contributed by atoms with Crippen LogP contribution in [0.2, 0.25) is 5.02 Å². The lowest BCUT2D eigenvalue weighted by Crippen LogP contribution is -2.13. The largest absolute Gasteiger partial charge is 0.481 e. The van der Waals surface area contributed by atoms with Crippen LogP contribution >= 0.6 is 11.6 Å². The lowest BCUT2D eigenvalue weighted by atomic mass is 10.2. The molecule has 3 rings (SSSR count). The number of aromatic amines is 1. The van der Waals surface area contributed by atoms with Crippen LogP contribution in [-0.2, 0) is 9.59 Å². The highest BCUT2D eigenvalue weighted by Gasteiger charge is 2.12. The third-order valence-electron chi connectivity index (χ3n) is 3.55. The second-order valence-electron chi connectivity index (χ2n) is 5.61. The number of aromatic nitrogens is 3. The number of anilines is 1. The number of hydrogen-bond donors (Lipinski definition) is 3. The van der Waals surface area contributed by atoms with Gasteiger partial charge in [0.2, 0.25) is 5.91 Å². The first kappa shape index (κ1) is 16.9. The van der Waals surface area contributed by atoms with Gasteiger partial charge in [-0.15, -0.1) is 0 Å². The van der Waals surface area contributed by atoms with E-state index in [1.54, 1.807) is 24.4 Å². The number of amides is 1. The molecule has 0 aliphatic heterocycles. The molecule has 1 amide bonds. The van der Waals surface area contributed by atoms with Gasteiger partial charge in [0, 0.05) is 23.9 Å². The van der Waals surface area contributed by atoms with Crippen molar-refractivity contribution >= 4 is 40.3 Å². The minimum atomic E-state index is -1.02. The highest BCUT2D eigenvalue weighted by atomic mass is 35.5. The predicted octanol–water partition coefficient (Wildman–Crippen LogP) is 3.39. The number of fused-ring (bicyclic) bond motifs is 1. The van der Waals surface area contributed by atoms with E-state index in [0.29, 0.717) is 27.7 Å². The predicted molar refractivity (Wildman–Crippen MR) is 94.6 cm³/mol. The third-order valence-corrected chi connectivity index (χ3v) is 3.87. The lowest BCUT2D eigenvalue weighted by Gasteiger charge is -2.07. The number of imidazole rings is 1. The highest BCUT2D eigenvalue weighted by molar-refractivity contribution is 6.33. The monoisotopic (exact) mass is 358 g/mol. The van der Waals surface area contributed by atoms with Gasteiger partial charge in [0.1, 0.15) is 5.82 Å². The molecule has 3 N–H and O–H groups in total. The number of benzene rings is 1. The number of aryl methyl sites for hydroxylation is 1. The summed E-state index contributed by atoms with van der Waals surface area (Å²) in [7, 11) is 0. The zero-order valence-electron chi connectivity index (χ0n) is 13.3. The zero-order chi connectivity index (χ0) is 18.0. The minimum Gasteiger partial charge on any atom is -0.481 e. The Morgan fingerprint density at radius 3 is 2.84 bits per heavy atom. The van der Waals surface area contributed by atoms with Crippen LogP contribution in [0.25, 0.3) is 22.6 Å². The third kappa shape index (κ3) is 3.95. The molecule has 0 bridgehead atoms. The average molecular weight is 359 g/mol. The molecule has 128 valence electrons. The maximum atomic E-state index is 11.8. The Bertz CT molecular complexity index is 968. The van der Waals surface area contributed by atoms with E-state index >= 15 is 0 Å². The number of carbonyl (C=O) groups is 2. The summed E-state index contributed by atoms with van der Waals surface area (Å²) in [6, 6.07) is 6.92. The molecule has 1 aromatic carbocycles. The van der Waals surface area contributed by atoms with Gasteiger partial charge in [-0.3, -0.25) is 9.59 Å². The van der Waals surface area contributed by atoms with Crippen LogP contribution in [0.5, 0.6) is 0 Å². The molecular weight excluding hydrogens is 344 g/mol. The smallest absolute Gasteiger partial charge is 0.303 e. The number of pyridine rings is 1. The molecule has 7 nitrogen and oxygen atoms in total. The number of halogens is 1. The fourth-order valence-corrected chi connectivity index (χ4v) is 2.57. The van der Waals surface area contributed by atoms with Crippen molar-refractivity contribution in [2.45, 2.75) is 19.8 Å². The molecule has 0 aliphatic rings. The van der Waals surface area contributed by atoms with Crippen LogP contribution in [0.4, 0.5) is 5.69 Å². The lowest BCUT2D eigenvalue weighted by molar-refractivity contribution is -0.138. The Balaban J connectivity index is 1.88. The molecule has 25 heavy (non-hydrogen) atoms. The molecule has 0 spiro atoms. The summed E-state index contributed by atoms with van der Waals surface area (Å²) in [6.07, 6.45) is 1.41. The summed E-state index contributed by atoms with van der Waals surface area (Å²) >= 11 is 6.26. The molecule has 0 saturated heterocycles. The Labute approximate surface area is 148 Å². The summed E-state index contributed by atoms with van der Waals surface area (Å²) in [5, 5.41) is 11.8. The van der Waals surface area contributed by atoms with E-state index in [0.717, 1.165) is 11.1 Å². The average Bonchev–Trinajstić information content (AvgIpc) is 2.97. The summed E-state index contributed by atoms with van der Waals surface area (Å²) in [4.78, 5) is 34.2. The molecule has 3 aromatic rings. The normalized spacial score (nSPS) is 10.8. The number of H-pyrrole nitrogens is 1. The Kier molecular flexibility index (Phi) is 4.67. The number of carbonyl (C=O) groups excluding carboxylic acids is 1. The fraction of sp³-hybridized carbons (Fsp3) is 0.176. The number of carboxylic acids is 1. The molecule has 0 unspecified atom stereocenters. The second-order valence-corrected chi connectivity index (χ2v) is 6.01. The summed E-state index contributed by atoms with van der Waals surface area (Å²) in [5.41, 5.74) is 3.51. The van der Waals surface area contributed by atoms with Gasteiger partial charge in [-0.25, -0.2) is 9.97 Å². The van der Waals surface area contributed by atoms with Crippen molar-refractivity contribution < 1.29 is 14.7 Å². The maximum absolute atomic E-state index is 11.8. The van der Waals surface area contributed by atoms with Crippen LogP contribution in [0.15, 0.2) is 30.5 Å². The van der Waals surface area contributed by atoms with Crippen molar-refractivity contribution in [3.63, 3.8) is 0 Å². The van der Waals surface area contributed by atoms with Crippen LogP contribution in [-0.4, -0.2) is 31.9 Å². The summed E-state index contributed by atoms with van der Waals surface area (Å²) in [6.45, 7) is 1.94. The van der Waals surface area contributed by atoms with Gasteiger partial charge in [0.05, 0.1) is 17.0 Å². The molecular formula is C17H15ClN4O3. The number of nitrogens with zero attached hydrogens (tertiary/aromatic N) is 2. The SMILES string of the molecule is Cc1cnc2nc(-c3cc(NC(=O)CCC(=O)O)ccc3Cl)[nH]c2c1. The van der Waals surface area contributed by atoms with E-state index in [9.17, 15) is 9.59 Å². The van der Waals surface area contributed by atoms with Crippen molar-refractivity contribution in [1.29, 1.82) is 0 Å².